The zero-order valence-electron chi connectivity index (χ0n) is 15.3. The van der Waals surface area contributed by atoms with Gasteiger partial charge in [0, 0.05) is 17.8 Å². The first-order chi connectivity index (χ1) is 12.2. The number of hydrogen-bond donors (Lipinski definition) is 0. The third kappa shape index (κ3) is 4.38. The van der Waals surface area contributed by atoms with E-state index in [2.05, 4.69) is 9.84 Å². The molecule has 0 aliphatic rings. The average molecular weight is 364 g/mol. The molecule has 0 unspecified atom stereocenters. The lowest BCUT2D eigenvalue weighted by atomic mass is 10.1. The normalized spacial score (nSPS) is 11.2. The van der Waals surface area contributed by atoms with Gasteiger partial charge in [-0.15, -0.1) is 0 Å². The van der Waals surface area contributed by atoms with Crippen molar-refractivity contribution in [2.24, 2.45) is 0 Å². The van der Waals surface area contributed by atoms with Crippen LogP contribution in [0.25, 0.3) is 0 Å². The van der Waals surface area contributed by atoms with Crippen molar-refractivity contribution in [1.29, 1.82) is 0 Å². The smallest absolute Gasteiger partial charge is 0.357 e. The van der Waals surface area contributed by atoms with E-state index in [9.17, 15) is 14.0 Å². The number of rotatable bonds is 5. The highest BCUT2D eigenvalue weighted by Gasteiger charge is 2.23. The molecule has 0 atom stereocenters. The summed E-state index contributed by atoms with van der Waals surface area (Å²) in [7, 11) is 2.55. The summed E-state index contributed by atoms with van der Waals surface area (Å²) in [4.78, 5) is 24.1. The van der Waals surface area contributed by atoms with Gasteiger partial charge in [0.05, 0.1) is 20.8 Å². The molecule has 7 nitrogen and oxygen atoms in total. The number of hydrogen-bond acceptors (Lipinski definition) is 6. The van der Waals surface area contributed by atoms with E-state index in [1.54, 1.807) is 20.8 Å². The predicted octanol–water partition coefficient (Wildman–Crippen LogP) is 2.82. The number of benzene rings is 1. The summed E-state index contributed by atoms with van der Waals surface area (Å²) in [6.07, 6.45) is 1.42. The molecule has 8 heteroatoms. The minimum Gasteiger partial charge on any atom is -0.496 e. The van der Waals surface area contributed by atoms with E-state index in [1.165, 1.54) is 37.2 Å². The second kappa shape index (κ2) is 7.55. The van der Waals surface area contributed by atoms with Crippen molar-refractivity contribution in [2.45, 2.75) is 32.9 Å². The lowest BCUT2D eigenvalue weighted by molar-refractivity contribution is 0.00563. The lowest BCUT2D eigenvalue weighted by Crippen LogP contribution is -2.26. The van der Waals surface area contributed by atoms with Crippen molar-refractivity contribution in [2.75, 3.05) is 14.2 Å². The Hall–Kier alpha value is -2.90. The van der Waals surface area contributed by atoms with Crippen LogP contribution < -0.4 is 4.74 Å². The van der Waals surface area contributed by atoms with Crippen molar-refractivity contribution >= 4 is 11.9 Å². The molecular weight excluding hydrogens is 343 g/mol. The van der Waals surface area contributed by atoms with Gasteiger partial charge in [0.1, 0.15) is 28.4 Å². The molecule has 1 aromatic carbocycles. The molecule has 0 N–H and O–H groups in total. The van der Waals surface area contributed by atoms with Gasteiger partial charge in [-0.25, -0.2) is 14.0 Å². The standard InChI is InChI=1S/C18H21FN2O5/c1-18(2,3)26-17(23)14-6-7-20-21(14)10-11-8-12(16(22)25-5)15(24-4)9-13(11)19/h6-9H,10H2,1-5H3. The van der Waals surface area contributed by atoms with Crippen LogP contribution in [0.3, 0.4) is 0 Å². The highest BCUT2D eigenvalue weighted by atomic mass is 19.1. The quantitative estimate of drug-likeness (QED) is 0.759. The van der Waals surface area contributed by atoms with Crippen LogP contribution in [0, 0.1) is 5.82 Å². The molecule has 0 bridgehead atoms. The van der Waals surface area contributed by atoms with Crippen molar-refractivity contribution in [3.63, 3.8) is 0 Å². The van der Waals surface area contributed by atoms with Gasteiger partial charge in [-0.2, -0.15) is 5.10 Å². The van der Waals surface area contributed by atoms with Gasteiger partial charge < -0.3 is 14.2 Å². The SMILES string of the molecule is COC(=O)c1cc(Cn2nccc2C(=O)OC(C)(C)C)c(F)cc1OC. The van der Waals surface area contributed by atoms with Crippen LogP contribution in [0.4, 0.5) is 4.39 Å². The van der Waals surface area contributed by atoms with E-state index in [0.29, 0.717) is 0 Å². The third-order valence-electron chi connectivity index (χ3n) is 3.42. The van der Waals surface area contributed by atoms with Crippen LogP contribution in [0.15, 0.2) is 24.4 Å². The monoisotopic (exact) mass is 364 g/mol. The van der Waals surface area contributed by atoms with Crippen LogP contribution in [-0.2, 0) is 16.0 Å². The fourth-order valence-electron chi connectivity index (χ4n) is 2.28. The first-order valence-corrected chi connectivity index (χ1v) is 7.86. The largest absolute Gasteiger partial charge is 0.496 e. The van der Waals surface area contributed by atoms with E-state index in [-0.39, 0.29) is 29.1 Å². The highest BCUT2D eigenvalue weighted by molar-refractivity contribution is 5.92. The Kier molecular flexibility index (Phi) is 5.64. The molecular formula is C18H21FN2O5. The summed E-state index contributed by atoms with van der Waals surface area (Å²) < 4.78 is 30.7. The molecule has 0 amide bonds. The molecule has 2 aromatic rings. The van der Waals surface area contributed by atoms with Crippen LogP contribution in [-0.4, -0.2) is 41.5 Å². The zero-order chi connectivity index (χ0) is 19.5. The number of methoxy groups -OCH3 is 2. The van der Waals surface area contributed by atoms with Crippen LogP contribution in [0.1, 0.15) is 47.2 Å². The van der Waals surface area contributed by atoms with E-state index >= 15 is 0 Å². The Balaban J connectivity index is 2.37. The third-order valence-corrected chi connectivity index (χ3v) is 3.42. The van der Waals surface area contributed by atoms with Gasteiger partial charge >= 0.3 is 11.9 Å². The maximum atomic E-state index is 14.4. The Morgan fingerprint density at radius 1 is 1.19 bits per heavy atom. The number of aromatic nitrogens is 2. The number of esters is 2. The molecule has 0 aliphatic heterocycles. The number of halogens is 1. The van der Waals surface area contributed by atoms with Gasteiger partial charge in [-0.3, -0.25) is 4.68 Å². The Bertz CT molecular complexity index is 823. The molecule has 0 spiro atoms. The first kappa shape index (κ1) is 19.4. The van der Waals surface area contributed by atoms with Crippen LogP contribution in [0.5, 0.6) is 5.75 Å². The molecule has 0 radical (unpaired) electrons. The number of nitrogens with zero attached hydrogens (tertiary/aromatic N) is 2. The minimum absolute atomic E-state index is 0.0610. The van der Waals surface area contributed by atoms with Crippen molar-refractivity contribution in [1.82, 2.24) is 9.78 Å². The second-order valence-electron chi connectivity index (χ2n) is 6.51. The van der Waals surface area contributed by atoms with Gasteiger partial charge in [0.25, 0.3) is 0 Å². The van der Waals surface area contributed by atoms with E-state index in [1.807, 2.05) is 0 Å². The van der Waals surface area contributed by atoms with E-state index in [4.69, 9.17) is 9.47 Å². The van der Waals surface area contributed by atoms with Gasteiger partial charge in [0.15, 0.2) is 0 Å². The summed E-state index contributed by atoms with van der Waals surface area (Å²) in [5.41, 5.74) is -0.262. The molecule has 0 fully saturated rings. The van der Waals surface area contributed by atoms with Crippen LogP contribution >= 0.6 is 0 Å². The summed E-state index contributed by atoms with van der Waals surface area (Å²) in [6, 6.07) is 3.90. The Labute approximate surface area is 150 Å². The second-order valence-corrected chi connectivity index (χ2v) is 6.51. The molecule has 0 aliphatic carbocycles. The summed E-state index contributed by atoms with van der Waals surface area (Å²) in [5, 5.41) is 4.04. The number of carbonyl (C=O) groups is 2. The maximum Gasteiger partial charge on any atom is 0.357 e. The highest BCUT2D eigenvalue weighted by Crippen LogP contribution is 2.25. The summed E-state index contributed by atoms with van der Waals surface area (Å²) in [6.45, 7) is 5.17. The number of ether oxygens (including phenoxy) is 3. The molecule has 0 saturated heterocycles. The lowest BCUT2D eigenvalue weighted by Gasteiger charge is -2.19. The molecule has 140 valence electrons. The van der Waals surface area contributed by atoms with Crippen molar-refractivity contribution < 1.29 is 28.2 Å². The van der Waals surface area contributed by atoms with Crippen molar-refractivity contribution in [3.05, 3.63) is 47.0 Å². The predicted molar refractivity (Wildman–Crippen MR) is 90.8 cm³/mol. The van der Waals surface area contributed by atoms with Gasteiger partial charge in [-0.1, -0.05) is 0 Å². The molecule has 0 saturated carbocycles. The fraction of sp³-hybridized carbons (Fsp3) is 0.389. The summed E-state index contributed by atoms with van der Waals surface area (Å²) >= 11 is 0. The Morgan fingerprint density at radius 3 is 2.46 bits per heavy atom. The average Bonchev–Trinajstić information content (AvgIpc) is 3.02. The van der Waals surface area contributed by atoms with Crippen molar-refractivity contribution in [3.8, 4) is 5.75 Å². The van der Waals surface area contributed by atoms with Crippen LogP contribution in [0.2, 0.25) is 0 Å². The number of carbonyl (C=O) groups excluding carboxylic acids is 2. The Morgan fingerprint density at radius 2 is 1.88 bits per heavy atom. The maximum absolute atomic E-state index is 14.4. The molecule has 1 heterocycles. The van der Waals surface area contributed by atoms with E-state index in [0.717, 1.165) is 6.07 Å². The molecule has 26 heavy (non-hydrogen) atoms. The zero-order valence-corrected chi connectivity index (χ0v) is 15.3. The topological polar surface area (TPSA) is 79.7 Å². The molecule has 1 aromatic heterocycles. The minimum atomic E-state index is -0.671. The fourth-order valence-corrected chi connectivity index (χ4v) is 2.28. The van der Waals surface area contributed by atoms with Gasteiger partial charge in [-0.05, 0) is 32.9 Å². The first-order valence-electron chi connectivity index (χ1n) is 7.86. The van der Waals surface area contributed by atoms with Gasteiger partial charge in [0.2, 0.25) is 0 Å². The molecule has 2 rings (SSSR count). The summed E-state index contributed by atoms with van der Waals surface area (Å²) in [5.74, 6) is -1.76. The van der Waals surface area contributed by atoms with E-state index < -0.39 is 23.4 Å².